The van der Waals surface area contributed by atoms with Gasteiger partial charge in [0.2, 0.25) is 0 Å². The van der Waals surface area contributed by atoms with E-state index < -0.39 is 0 Å². The first kappa shape index (κ1) is 19.8. The van der Waals surface area contributed by atoms with E-state index in [4.69, 9.17) is 15.2 Å². The molecule has 3 heteroatoms. The molecule has 0 aromatic heterocycles. The van der Waals surface area contributed by atoms with Crippen molar-refractivity contribution in [2.75, 3.05) is 13.2 Å². The Balaban J connectivity index is 2.82. The molecule has 0 aliphatic heterocycles. The lowest BCUT2D eigenvalue weighted by atomic mass is 9.95. The lowest BCUT2D eigenvalue weighted by molar-refractivity contribution is 0.229. The van der Waals surface area contributed by atoms with Crippen LogP contribution in [0.2, 0.25) is 0 Å². The number of benzene rings is 1. The highest BCUT2D eigenvalue weighted by atomic mass is 16.5. The van der Waals surface area contributed by atoms with Crippen molar-refractivity contribution >= 4 is 0 Å². The Labute approximate surface area is 142 Å². The first-order chi connectivity index (χ1) is 10.8. The van der Waals surface area contributed by atoms with Crippen LogP contribution in [0.25, 0.3) is 0 Å². The Morgan fingerprint density at radius 1 is 0.870 bits per heavy atom. The monoisotopic (exact) mass is 321 g/mol. The molecule has 0 aliphatic carbocycles. The van der Waals surface area contributed by atoms with Crippen LogP contribution in [0.4, 0.5) is 0 Å². The molecule has 1 aromatic rings. The van der Waals surface area contributed by atoms with Crippen molar-refractivity contribution in [1.29, 1.82) is 0 Å². The zero-order valence-electron chi connectivity index (χ0n) is 15.8. The van der Waals surface area contributed by atoms with Crippen molar-refractivity contribution in [1.82, 2.24) is 0 Å². The topological polar surface area (TPSA) is 44.5 Å². The van der Waals surface area contributed by atoms with Crippen LogP contribution in [0.1, 0.15) is 53.5 Å². The molecule has 2 atom stereocenters. The fourth-order valence-electron chi connectivity index (χ4n) is 2.54. The molecule has 2 N–H and O–H groups in total. The normalized spacial score (nSPS) is 14.1. The summed E-state index contributed by atoms with van der Waals surface area (Å²) >= 11 is 0. The van der Waals surface area contributed by atoms with E-state index in [0.29, 0.717) is 31.0 Å². The van der Waals surface area contributed by atoms with Crippen molar-refractivity contribution in [3.05, 3.63) is 23.8 Å². The highest BCUT2D eigenvalue weighted by Gasteiger charge is 2.12. The van der Waals surface area contributed by atoms with Crippen LogP contribution in [0.15, 0.2) is 18.2 Å². The maximum atomic E-state index is 5.98. The molecule has 2 unspecified atom stereocenters. The molecule has 0 fully saturated rings. The van der Waals surface area contributed by atoms with E-state index in [9.17, 15) is 0 Å². The van der Waals surface area contributed by atoms with Crippen LogP contribution in [0.5, 0.6) is 11.5 Å². The zero-order valence-corrected chi connectivity index (χ0v) is 15.8. The Bertz CT molecular complexity index is 455. The minimum Gasteiger partial charge on any atom is -0.489 e. The second-order valence-electron chi connectivity index (χ2n) is 7.71. The Hall–Kier alpha value is -1.22. The maximum absolute atomic E-state index is 5.98. The minimum absolute atomic E-state index is 0.246. The molecule has 0 saturated heterocycles. The van der Waals surface area contributed by atoms with Crippen molar-refractivity contribution in [2.24, 2.45) is 23.5 Å². The van der Waals surface area contributed by atoms with E-state index in [2.05, 4.69) is 53.7 Å². The first-order valence-electron chi connectivity index (χ1n) is 8.92. The molecule has 0 saturated carbocycles. The van der Waals surface area contributed by atoms with E-state index >= 15 is 0 Å². The van der Waals surface area contributed by atoms with Crippen LogP contribution in [-0.2, 0) is 6.42 Å². The molecular formula is C20H35NO2. The summed E-state index contributed by atoms with van der Waals surface area (Å²) in [6.45, 7) is 14.3. The molecule has 23 heavy (non-hydrogen) atoms. The average molecular weight is 322 g/mol. The molecule has 1 aromatic carbocycles. The summed E-state index contributed by atoms with van der Waals surface area (Å²) in [6, 6.07) is 6.58. The fraction of sp³-hybridized carbons (Fsp3) is 0.700. The van der Waals surface area contributed by atoms with Gasteiger partial charge in [0, 0.05) is 6.04 Å². The minimum atomic E-state index is 0.246. The van der Waals surface area contributed by atoms with Crippen molar-refractivity contribution < 1.29 is 9.47 Å². The lowest BCUT2D eigenvalue weighted by Crippen LogP contribution is -2.19. The second kappa shape index (κ2) is 9.82. The molecule has 0 bridgehead atoms. The molecule has 0 heterocycles. The largest absolute Gasteiger partial charge is 0.489 e. The van der Waals surface area contributed by atoms with Gasteiger partial charge in [0.15, 0.2) is 11.5 Å². The standard InChI is InChI=1S/C20H35NO2/c1-14(2)12-22-19-8-7-18(10-16(5)9-17(6)21)11-20(19)23-13-15(3)4/h7-8,11,14-17H,9-10,12-13,21H2,1-6H3. The van der Waals surface area contributed by atoms with Crippen LogP contribution in [-0.4, -0.2) is 19.3 Å². The van der Waals surface area contributed by atoms with Crippen LogP contribution >= 0.6 is 0 Å². The highest BCUT2D eigenvalue weighted by molar-refractivity contribution is 5.43. The quantitative estimate of drug-likeness (QED) is 0.681. The molecule has 3 nitrogen and oxygen atoms in total. The maximum Gasteiger partial charge on any atom is 0.161 e. The molecule has 0 spiro atoms. The van der Waals surface area contributed by atoms with Crippen LogP contribution in [0.3, 0.4) is 0 Å². The Kier molecular flexibility index (Phi) is 8.46. The summed E-state index contributed by atoms with van der Waals surface area (Å²) in [5.41, 5.74) is 7.19. The van der Waals surface area contributed by atoms with Gasteiger partial charge in [-0.1, -0.05) is 40.7 Å². The molecule has 132 valence electrons. The van der Waals surface area contributed by atoms with Gasteiger partial charge in [-0.3, -0.25) is 0 Å². The van der Waals surface area contributed by atoms with Gasteiger partial charge in [0.25, 0.3) is 0 Å². The third kappa shape index (κ3) is 8.26. The van der Waals surface area contributed by atoms with Gasteiger partial charge in [-0.15, -0.1) is 0 Å². The molecular weight excluding hydrogens is 286 g/mol. The third-order valence-electron chi connectivity index (χ3n) is 3.51. The van der Waals surface area contributed by atoms with E-state index in [0.717, 1.165) is 24.3 Å². The predicted octanol–water partition coefficient (Wildman–Crippen LogP) is 4.67. The second-order valence-corrected chi connectivity index (χ2v) is 7.71. The van der Waals surface area contributed by atoms with Gasteiger partial charge in [0.05, 0.1) is 13.2 Å². The van der Waals surface area contributed by atoms with Crippen molar-refractivity contribution in [3.8, 4) is 11.5 Å². The third-order valence-corrected chi connectivity index (χ3v) is 3.51. The van der Waals surface area contributed by atoms with Gasteiger partial charge >= 0.3 is 0 Å². The zero-order chi connectivity index (χ0) is 17.4. The number of rotatable bonds is 10. The molecule has 0 amide bonds. The van der Waals surface area contributed by atoms with Gasteiger partial charge in [-0.2, -0.15) is 0 Å². The van der Waals surface area contributed by atoms with E-state index in [-0.39, 0.29) is 6.04 Å². The average Bonchev–Trinajstić information content (AvgIpc) is 2.42. The van der Waals surface area contributed by atoms with E-state index in [1.807, 2.05) is 6.07 Å². The van der Waals surface area contributed by atoms with Gasteiger partial charge < -0.3 is 15.2 Å². The smallest absolute Gasteiger partial charge is 0.161 e. The van der Waals surface area contributed by atoms with Gasteiger partial charge in [-0.05, 0) is 55.2 Å². The molecule has 0 aliphatic rings. The van der Waals surface area contributed by atoms with Gasteiger partial charge in [-0.25, -0.2) is 0 Å². The Morgan fingerprint density at radius 2 is 1.43 bits per heavy atom. The number of hydrogen-bond donors (Lipinski definition) is 1. The SMILES string of the molecule is CC(C)COc1ccc(CC(C)CC(C)N)cc1OCC(C)C. The van der Waals surface area contributed by atoms with Crippen LogP contribution < -0.4 is 15.2 Å². The lowest BCUT2D eigenvalue weighted by Gasteiger charge is -2.18. The van der Waals surface area contributed by atoms with E-state index in [1.54, 1.807) is 0 Å². The summed E-state index contributed by atoms with van der Waals surface area (Å²) in [5.74, 6) is 3.27. The van der Waals surface area contributed by atoms with Crippen LogP contribution in [0, 0.1) is 17.8 Å². The van der Waals surface area contributed by atoms with E-state index in [1.165, 1.54) is 5.56 Å². The fourth-order valence-corrected chi connectivity index (χ4v) is 2.54. The van der Waals surface area contributed by atoms with Crippen molar-refractivity contribution in [2.45, 2.75) is 60.4 Å². The van der Waals surface area contributed by atoms with Crippen molar-refractivity contribution in [3.63, 3.8) is 0 Å². The number of nitrogens with two attached hydrogens (primary N) is 1. The van der Waals surface area contributed by atoms with Gasteiger partial charge in [0.1, 0.15) is 0 Å². The summed E-state index contributed by atoms with van der Waals surface area (Å²) < 4.78 is 11.9. The molecule has 0 radical (unpaired) electrons. The number of hydrogen-bond acceptors (Lipinski definition) is 3. The highest BCUT2D eigenvalue weighted by Crippen LogP contribution is 2.30. The summed E-state index contributed by atoms with van der Waals surface area (Å²) in [6.07, 6.45) is 2.05. The molecule has 1 rings (SSSR count). The predicted molar refractivity (Wildman–Crippen MR) is 98.2 cm³/mol. The number of ether oxygens (including phenoxy) is 2. The summed E-state index contributed by atoms with van der Waals surface area (Å²) in [7, 11) is 0. The summed E-state index contributed by atoms with van der Waals surface area (Å²) in [4.78, 5) is 0. The first-order valence-corrected chi connectivity index (χ1v) is 8.92. The Morgan fingerprint density at radius 3 is 1.96 bits per heavy atom. The summed E-state index contributed by atoms with van der Waals surface area (Å²) in [5, 5.41) is 0.